The third-order valence-corrected chi connectivity index (χ3v) is 9.53. The van der Waals surface area contributed by atoms with E-state index < -0.39 is 52.4 Å². The van der Waals surface area contributed by atoms with Gasteiger partial charge in [0, 0.05) is 18.8 Å². The van der Waals surface area contributed by atoms with Gasteiger partial charge in [0.05, 0.1) is 53.4 Å². The number of methoxy groups -OCH3 is 1. The first-order chi connectivity index (χ1) is 21.3. The Kier molecular flexibility index (Phi) is 8.43. The molecular formula is C31H30FN3O8S. The average Bonchev–Trinajstić information content (AvgIpc) is 3.68. The van der Waals surface area contributed by atoms with Gasteiger partial charge in [-0.1, -0.05) is 36.0 Å². The monoisotopic (exact) mass is 623 g/mol. The first-order valence-electron chi connectivity index (χ1n) is 14.1. The van der Waals surface area contributed by atoms with Gasteiger partial charge in [-0.3, -0.25) is 4.79 Å². The minimum Gasteiger partial charge on any atom is -0.496 e. The van der Waals surface area contributed by atoms with Crippen molar-refractivity contribution in [2.45, 2.75) is 37.3 Å². The number of oxazole rings is 1. The Hall–Kier alpha value is -4.20. The largest absolute Gasteiger partial charge is 0.496 e. The van der Waals surface area contributed by atoms with Crippen LogP contribution in [-0.4, -0.2) is 71.2 Å². The fourth-order valence-corrected chi connectivity index (χ4v) is 7.36. The zero-order chi connectivity index (χ0) is 31.0. The standard InChI is InChI=1S/C31H30FN3O8S/c1-17-24-28(36)35(21-8-5-7-20(25(21)32)30(37)38)31(39)34(29(24)44-26(17)27-33-12-15-42-27)16-23(43-18-10-13-41-14-11-18)19-6-3-4-9-22(19)40-2/h3-9,12,15,18,23-24,29H,10-11,13-14,16H2,1-2H3,(H,37,38). The van der Waals surface area contributed by atoms with Crippen molar-refractivity contribution < 1.29 is 42.5 Å². The Morgan fingerprint density at radius 2 is 1.95 bits per heavy atom. The molecule has 44 heavy (non-hydrogen) atoms. The predicted octanol–water partition coefficient (Wildman–Crippen LogP) is 5.35. The van der Waals surface area contributed by atoms with Crippen LogP contribution in [0.1, 0.15) is 47.7 Å². The Labute approximate surface area is 256 Å². The number of carboxylic acid groups (broad SMARTS) is 1. The highest BCUT2D eigenvalue weighted by Gasteiger charge is 2.54. The van der Waals surface area contributed by atoms with Gasteiger partial charge in [0.1, 0.15) is 18.1 Å². The number of para-hydroxylation sites is 1. The molecule has 3 aromatic rings. The van der Waals surface area contributed by atoms with Crippen molar-refractivity contribution in [2.75, 3.05) is 31.8 Å². The summed E-state index contributed by atoms with van der Waals surface area (Å²) in [4.78, 5) is 47.3. The molecule has 0 aliphatic carbocycles. The molecule has 230 valence electrons. The van der Waals surface area contributed by atoms with Gasteiger partial charge in [-0.25, -0.2) is 23.9 Å². The molecule has 4 heterocycles. The summed E-state index contributed by atoms with van der Waals surface area (Å²) in [6, 6.07) is 10.1. The third-order valence-electron chi connectivity index (χ3n) is 8.03. The number of aromatic carboxylic acids is 1. The molecule has 3 unspecified atom stereocenters. The van der Waals surface area contributed by atoms with Gasteiger partial charge in [0.15, 0.2) is 5.82 Å². The second-order valence-electron chi connectivity index (χ2n) is 10.6. The van der Waals surface area contributed by atoms with Gasteiger partial charge in [0.2, 0.25) is 11.8 Å². The molecule has 11 nitrogen and oxygen atoms in total. The van der Waals surface area contributed by atoms with E-state index in [9.17, 15) is 19.5 Å². The number of thioether (sulfide) groups is 1. The van der Waals surface area contributed by atoms with Crippen LogP contribution in [0.3, 0.4) is 0 Å². The Bertz CT molecular complexity index is 1610. The number of benzene rings is 2. The molecule has 6 rings (SSSR count). The molecule has 3 amide bonds. The number of amides is 3. The van der Waals surface area contributed by atoms with Gasteiger partial charge in [0.25, 0.3) is 0 Å². The van der Waals surface area contributed by atoms with Crippen molar-refractivity contribution in [3.63, 3.8) is 0 Å². The van der Waals surface area contributed by atoms with E-state index in [1.807, 2.05) is 18.2 Å². The number of nitrogens with zero attached hydrogens (tertiary/aromatic N) is 3. The SMILES string of the molecule is COc1ccccc1C(CN1C(=O)N(c2cccc(C(=O)O)c2F)C(=O)C2C(C)=C(c3ncco3)SC21)OC1CCOCC1. The van der Waals surface area contributed by atoms with Crippen LogP contribution in [0.2, 0.25) is 0 Å². The van der Waals surface area contributed by atoms with Crippen molar-refractivity contribution in [1.82, 2.24) is 9.88 Å². The highest BCUT2D eigenvalue weighted by molar-refractivity contribution is 8.09. The predicted molar refractivity (Wildman–Crippen MR) is 158 cm³/mol. The van der Waals surface area contributed by atoms with E-state index in [1.54, 1.807) is 20.1 Å². The number of rotatable bonds is 9. The molecule has 2 aromatic carbocycles. The molecule has 0 saturated carbocycles. The lowest BCUT2D eigenvalue weighted by Gasteiger charge is -2.43. The number of carbonyl (C=O) groups excluding carboxylic acids is 2. The smallest absolute Gasteiger partial charge is 0.338 e. The summed E-state index contributed by atoms with van der Waals surface area (Å²) < 4.78 is 39.0. The van der Waals surface area contributed by atoms with Gasteiger partial charge >= 0.3 is 12.0 Å². The van der Waals surface area contributed by atoms with Crippen molar-refractivity contribution in [3.05, 3.63) is 83.3 Å². The Balaban J connectivity index is 1.44. The lowest BCUT2D eigenvalue weighted by molar-refractivity contribution is -0.123. The van der Waals surface area contributed by atoms with Crippen LogP contribution < -0.4 is 9.64 Å². The summed E-state index contributed by atoms with van der Waals surface area (Å²) in [6.07, 6.45) is 3.38. The molecule has 2 saturated heterocycles. The number of hydrogen-bond donors (Lipinski definition) is 1. The number of hydrogen-bond acceptors (Lipinski definition) is 9. The highest BCUT2D eigenvalue weighted by atomic mass is 32.2. The molecule has 3 aliphatic heterocycles. The first kappa shape index (κ1) is 29.9. The molecule has 3 atom stereocenters. The normalized spacial score (nSPS) is 21.5. The Morgan fingerprint density at radius 3 is 2.66 bits per heavy atom. The minimum absolute atomic E-state index is 0.0130. The van der Waals surface area contributed by atoms with Gasteiger partial charge in [-0.05, 0) is 43.5 Å². The van der Waals surface area contributed by atoms with Crippen LogP contribution in [0.5, 0.6) is 5.75 Å². The maximum absolute atomic E-state index is 15.6. The molecule has 3 aliphatic rings. The fourth-order valence-electron chi connectivity index (χ4n) is 5.84. The quantitative estimate of drug-likeness (QED) is 0.333. The summed E-state index contributed by atoms with van der Waals surface area (Å²) in [5, 5.41) is 8.82. The van der Waals surface area contributed by atoms with E-state index in [0.717, 1.165) is 11.0 Å². The summed E-state index contributed by atoms with van der Waals surface area (Å²) in [6.45, 7) is 2.82. The van der Waals surface area contributed by atoms with Crippen LogP contribution >= 0.6 is 11.8 Å². The molecule has 1 N–H and O–H groups in total. The van der Waals surface area contributed by atoms with Crippen molar-refractivity contribution in [3.8, 4) is 5.75 Å². The Morgan fingerprint density at radius 1 is 1.18 bits per heavy atom. The number of aromatic nitrogens is 1. The van der Waals surface area contributed by atoms with Crippen LogP contribution in [-0.2, 0) is 14.3 Å². The van der Waals surface area contributed by atoms with Crippen LogP contribution in [0.15, 0.2) is 64.9 Å². The van der Waals surface area contributed by atoms with Crippen LogP contribution in [0.4, 0.5) is 14.9 Å². The topological polar surface area (TPSA) is 132 Å². The summed E-state index contributed by atoms with van der Waals surface area (Å²) in [5.41, 5.74) is 0.211. The van der Waals surface area contributed by atoms with Crippen LogP contribution in [0.25, 0.3) is 4.91 Å². The molecule has 0 spiro atoms. The highest BCUT2D eigenvalue weighted by Crippen LogP contribution is 2.52. The number of carbonyl (C=O) groups is 3. The average molecular weight is 624 g/mol. The number of carboxylic acids is 1. The van der Waals surface area contributed by atoms with Gasteiger partial charge < -0.3 is 28.6 Å². The third kappa shape index (κ3) is 5.35. The van der Waals surface area contributed by atoms with E-state index >= 15 is 4.39 Å². The zero-order valence-corrected chi connectivity index (χ0v) is 24.8. The maximum Gasteiger partial charge on any atom is 0.338 e. The van der Waals surface area contributed by atoms with E-state index in [1.165, 1.54) is 41.3 Å². The minimum atomic E-state index is -1.52. The van der Waals surface area contributed by atoms with Gasteiger partial charge in [-0.2, -0.15) is 0 Å². The lowest BCUT2D eigenvalue weighted by Crippen LogP contribution is -2.61. The number of ether oxygens (including phenoxy) is 3. The summed E-state index contributed by atoms with van der Waals surface area (Å²) in [7, 11) is 1.55. The van der Waals surface area contributed by atoms with E-state index in [0.29, 0.717) is 53.7 Å². The molecule has 13 heteroatoms. The van der Waals surface area contributed by atoms with Crippen LogP contribution in [0, 0.1) is 11.7 Å². The summed E-state index contributed by atoms with van der Waals surface area (Å²) in [5.74, 6) is -3.41. The molecule has 0 radical (unpaired) electrons. The fraction of sp³-hybridized carbons (Fsp3) is 0.355. The summed E-state index contributed by atoms with van der Waals surface area (Å²) >= 11 is 1.27. The molecular weight excluding hydrogens is 593 g/mol. The van der Waals surface area contributed by atoms with Crippen molar-refractivity contribution in [2.24, 2.45) is 5.92 Å². The van der Waals surface area contributed by atoms with Gasteiger partial charge in [-0.15, -0.1) is 0 Å². The second-order valence-corrected chi connectivity index (χ2v) is 11.7. The zero-order valence-electron chi connectivity index (χ0n) is 24.0. The van der Waals surface area contributed by atoms with E-state index in [4.69, 9.17) is 18.6 Å². The maximum atomic E-state index is 15.6. The molecule has 1 aromatic heterocycles. The number of fused-ring (bicyclic) bond motifs is 1. The van der Waals surface area contributed by atoms with Crippen molar-refractivity contribution in [1.29, 1.82) is 0 Å². The van der Waals surface area contributed by atoms with E-state index in [2.05, 4.69) is 4.98 Å². The number of urea groups is 1. The van der Waals surface area contributed by atoms with Crippen molar-refractivity contribution >= 4 is 40.3 Å². The number of halogens is 1. The van der Waals surface area contributed by atoms with E-state index in [-0.39, 0.29) is 12.6 Å². The number of imide groups is 1. The molecule has 2 fully saturated rings. The first-order valence-corrected chi connectivity index (χ1v) is 15.0. The number of anilines is 1. The lowest BCUT2D eigenvalue weighted by atomic mass is 9.94. The second kappa shape index (κ2) is 12.4. The molecule has 0 bridgehead atoms.